The molecular formula is C16H25NO12-2. The number of nitrogens with one attached hydrogen (secondary N) is 1. The summed E-state index contributed by atoms with van der Waals surface area (Å²) < 4.78 is 25.9. The van der Waals surface area contributed by atoms with Gasteiger partial charge in [-0.15, -0.1) is 0 Å². The third kappa shape index (κ3) is 5.02. The first-order chi connectivity index (χ1) is 13.7. The van der Waals surface area contributed by atoms with Crippen molar-refractivity contribution >= 4 is 11.9 Å². The Morgan fingerprint density at radius 1 is 1.07 bits per heavy atom. The van der Waals surface area contributed by atoms with Gasteiger partial charge < -0.3 is 59.3 Å². The topological polar surface area (TPSA) is 199 Å². The normalized spacial score (nSPS) is 43.0. The average molecular weight is 423 g/mol. The van der Waals surface area contributed by atoms with Crippen LogP contribution in [-0.4, -0.2) is 109 Å². The summed E-state index contributed by atoms with van der Waals surface area (Å²) >= 11 is 0. The number of aliphatic carboxylic acids is 1. The minimum absolute atomic E-state index is 0.555. The van der Waals surface area contributed by atoms with Gasteiger partial charge in [0.25, 0.3) is 0 Å². The SMILES string of the molecule is CO[C@@H]1OC(CO)[C@H]([O-])[C@H](O[C@@H]2OC(C(=O)[O-])[C@@H](OC)[C@H](O)C2O)C1NC(C)=O. The highest BCUT2D eigenvalue weighted by atomic mass is 16.7. The van der Waals surface area contributed by atoms with Gasteiger partial charge in [0.05, 0.1) is 24.8 Å². The van der Waals surface area contributed by atoms with E-state index in [1.807, 2.05) is 0 Å². The number of aliphatic hydroxyl groups is 3. The van der Waals surface area contributed by atoms with Gasteiger partial charge in [-0.3, -0.25) is 4.79 Å². The summed E-state index contributed by atoms with van der Waals surface area (Å²) in [6, 6.07) is -1.18. The van der Waals surface area contributed by atoms with Crippen LogP contribution in [0.2, 0.25) is 0 Å². The van der Waals surface area contributed by atoms with Gasteiger partial charge in [-0.05, 0) is 0 Å². The maximum absolute atomic E-state index is 12.7. The monoisotopic (exact) mass is 423 g/mol. The van der Waals surface area contributed by atoms with Gasteiger partial charge in [-0.25, -0.2) is 0 Å². The van der Waals surface area contributed by atoms with Crippen molar-refractivity contribution in [2.45, 2.75) is 68.3 Å². The fourth-order valence-electron chi connectivity index (χ4n) is 3.36. The Bertz CT molecular complexity index is 576. The van der Waals surface area contributed by atoms with Crippen LogP contribution < -0.4 is 15.5 Å². The summed E-state index contributed by atoms with van der Waals surface area (Å²) in [5, 5.41) is 56.3. The first kappa shape index (κ1) is 23.9. The third-order valence-electron chi connectivity index (χ3n) is 4.77. The molecule has 4 N–H and O–H groups in total. The van der Waals surface area contributed by atoms with Crippen LogP contribution in [0.1, 0.15) is 6.92 Å². The number of rotatable bonds is 7. The molecule has 13 nitrogen and oxygen atoms in total. The number of hydrogen-bond acceptors (Lipinski definition) is 12. The van der Waals surface area contributed by atoms with E-state index >= 15 is 0 Å². The number of methoxy groups -OCH3 is 2. The number of aliphatic hydroxyl groups excluding tert-OH is 3. The number of carboxylic acids is 1. The molecule has 0 aromatic carbocycles. The van der Waals surface area contributed by atoms with Gasteiger partial charge in [0, 0.05) is 21.1 Å². The molecule has 29 heavy (non-hydrogen) atoms. The molecule has 2 rings (SSSR count). The molecule has 2 fully saturated rings. The van der Waals surface area contributed by atoms with Crippen molar-refractivity contribution in [2.75, 3.05) is 20.8 Å². The molecule has 2 aliphatic rings. The minimum atomic E-state index is -1.81. The maximum Gasteiger partial charge on any atom is 0.217 e. The van der Waals surface area contributed by atoms with E-state index in [1.54, 1.807) is 0 Å². The van der Waals surface area contributed by atoms with Crippen LogP contribution in [0.15, 0.2) is 0 Å². The van der Waals surface area contributed by atoms with E-state index in [0.29, 0.717) is 0 Å². The molecule has 2 aliphatic heterocycles. The van der Waals surface area contributed by atoms with Gasteiger partial charge in [-0.2, -0.15) is 0 Å². The van der Waals surface area contributed by atoms with Crippen LogP contribution in [0.25, 0.3) is 0 Å². The Kier molecular flexibility index (Phi) is 8.28. The number of ether oxygens (including phenoxy) is 5. The van der Waals surface area contributed by atoms with E-state index in [1.165, 1.54) is 14.0 Å². The second kappa shape index (κ2) is 10.1. The van der Waals surface area contributed by atoms with Crippen LogP contribution in [0.4, 0.5) is 0 Å². The Hall–Kier alpha value is -1.42. The highest BCUT2D eigenvalue weighted by molar-refractivity contribution is 5.73. The lowest BCUT2D eigenvalue weighted by atomic mass is 9.95. The number of carbonyl (C=O) groups excluding carboxylic acids is 2. The Morgan fingerprint density at radius 2 is 1.72 bits per heavy atom. The van der Waals surface area contributed by atoms with E-state index in [0.717, 1.165) is 7.11 Å². The van der Waals surface area contributed by atoms with Crippen molar-refractivity contribution in [3.05, 3.63) is 0 Å². The van der Waals surface area contributed by atoms with E-state index in [2.05, 4.69) is 5.32 Å². The summed E-state index contributed by atoms with van der Waals surface area (Å²) in [7, 11) is 2.34. The Labute approximate surface area is 166 Å². The minimum Gasteiger partial charge on any atom is -0.848 e. The lowest BCUT2D eigenvalue weighted by Gasteiger charge is -2.51. The van der Waals surface area contributed by atoms with Crippen LogP contribution in [0.3, 0.4) is 0 Å². The molecule has 0 aromatic heterocycles. The molecule has 0 bridgehead atoms. The molecule has 0 spiro atoms. The molecule has 0 saturated carbocycles. The van der Waals surface area contributed by atoms with Crippen LogP contribution in [0, 0.1) is 0 Å². The molecule has 0 aliphatic carbocycles. The van der Waals surface area contributed by atoms with Gasteiger partial charge in [-0.1, -0.05) is 6.10 Å². The second-order valence-electron chi connectivity index (χ2n) is 6.68. The molecule has 168 valence electrons. The summed E-state index contributed by atoms with van der Waals surface area (Å²) in [4.78, 5) is 22.9. The largest absolute Gasteiger partial charge is 0.848 e. The van der Waals surface area contributed by atoms with Crippen molar-refractivity contribution in [2.24, 2.45) is 0 Å². The summed E-state index contributed by atoms with van der Waals surface area (Å²) in [6.45, 7) is 0.484. The van der Waals surface area contributed by atoms with Gasteiger partial charge in [0.1, 0.15) is 30.5 Å². The lowest BCUT2D eigenvalue weighted by Crippen LogP contribution is -2.71. The number of carbonyl (C=O) groups is 2. The van der Waals surface area contributed by atoms with Crippen molar-refractivity contribution in [3.8, 4) is 0 Å². The van der Waals surface area contributed by atoms with Crippen LogP contribution in [0.5, 0.6) is 0 Å². The quantitative estimate of drug-likeness (QED) is 0.303. The Balaban J connectivity index is 2.30. The number of hydrogen-bond donors (Lipinski definition) is 4. The highest BCUT2D eigenvalue weighted by Crippen LogP contribution is 2.29. The maximum atomic E-state index is 12.7. The van der Waals surface area contributed by atoms with E-state index in [9.17, 15) is 35.1 Å². The summed E-state index contributed by atoms with van der Waals surface area (Å²) in [5.74, 6) is -2.29. The smallest absolute Gasteiger partial charge is 0.217 e. The van der Waals surface area contributed by atoms with Gasteiger partial charge in [0.15, 0.2) is 12.6 Å². The van der Waals surface area contributed by atoms with Crippen LogP contribution in [-0.2, 0) is 33.3 Å². The van der Waals surface area contributed by atoms with Crippen LogP contribution >= 0.6 is 0 Å². The summed E-state index contributed by atoms with van der Waals surface area (Å²) in [5.41, 5.74) is 0. The van der Waals surface area contributed by atoms with Crippen molar-refractivity contribution in [1.82, 2.24) is 5.32 Å². The predicted octanol–water partition coefficient (Wildman–Crippen LogP) is -5.82. The zero-order valence-corrected chi connectivity index (χ0v) is 16.0. The molecule has 0 aromatic rings. The molecule has 2 saturated heterocycles. The average Bonchev–Trinajstić information content (AvgIpc) is 2.67. The molecular weight excluding hydrogens is 398 g/mol. The van der Waals surface area contributed by atoms with Gasteiger partial charge >= 0.3 is 0 Å². The molecule has 13 heteroatoms. The first-order valence-electron chi connectivity index (χ1n) is 8.79. The van der Waals surface area contributed by atoms with E-state index < -0.39 is 79.8 Å². The zero-order valence-electron chi connectivity index (χ0n) is 16.0. The first-order valence-corrected chi connectivity index (χ1v) is 8.79. The fourth-order valence-corrected chi connectivity index (χ4v) is 3.36. The standard InChI is InChI=1S/C16H26NO12/c1-5(19)17-7-11(8(20)6(4-18)27-15(7)26-3)28-16-10(22)9(21)12(25-2)13(29-16)14(23)24/h6-13,15-16,18,21-22H,4H2,1-3H3,(H,17,19)(H,23,24)/q-1/p-1/t6?,7?,8-,9+,10?,11+,12-,13?,15+,16+/m0/s1. The number of carboxylic acid groups (broad SMARTS) is 1. The number of amides is 1. The molecule has 2 heterocycles. The van der Waals surface area contributed by atoms with Crippen molar-refractivity contribution in [3.63, 3.8) is 0 Å². The van der Waals surface area contributed by atoms with Gasteiger partial charge in [0.2, 0.25) is 5.91 Å². The highest BCUT2D eigenvalue weighted by Gasteiger charge is 2.50. The molecule has 1 amide bonds. The van der Waals surface area contributed by atoms with E-state index in [4.69, 9.17) is 23.7 Å². The predicted molar refractivity (Wildman–Crippen MR) is 85.5 cm³/mol. The van der Waals surface area contributed by atoms with Crippen molar-refractivity contribution < 1.29 is 58.8 Å². The molecule has 0 radical (unpaired) electrons. The van der Waals surface area contributed by atoms with E-state index in [-0.39, 0.29) is 0 Å². The summed E-state index contributed by atoms with van der Waals surface area (Å²) in [6.07, 6.45) is -14.3. The lowest BCUT2D eigenvalue weighted by molar-refractivity contribution is -0.490. The second-order valence-corrected chi connectivity index (χ2v) is 6.68. The molecule has 4 unspecified atom stereocenters. The Morgan fingerprint density at radius 3 is 2.21 bits per heavy atom. The fraction of sp³-hybridized carbons (Fsp3) is 0.875. The third-order valence-corrected chi connectivity index (χ3v) is 4.77. The van der Waals surface area contributed by atoms with Crippen molar-refractivity contribution in [1.29, 1.82) is 0 Å². The molecule has 10 atom stereocenters. The zero-order chi connectivity index (χ0) is 21.9.